The van der Waals surface area contributed by atoms with Crippen LogP contribution in [0, 0.1) is 5.92 Å². The molecule has 0 radical (unpaired) electrons. The largest absolute Gasteiger partial charge is 0.490 e. The summed E-state index contributed by atoms with van der Waals surface area (Å²) in [5.74, 6) is 2.59. The molecule has 3 atom stereocenters. The van der Waals surface area contributed by atoms with Crippen molar-refractivity contribution < 1.29 is 9.47 Å². The zero-order valence-electron chi connectivity index (χ0n) is 19.9. The Kier molecular flexibility index (Phi) is 6.66. The normalized spacial score (nSPS) is 20.6. The summed E-state index contributed by atoms with van der Waals surface area (Å²) in [6.45, 7) is 5.36. The predicted molar refractivity (Wildman–Crippen MR) is 140 cm³/mol. The van der Waals surface area contributed by atoms with Crippen LogP contribution in [0.15, 0.2) is 83.9 Å². The Hall–Kier alpha value is -3.53. The van der Waals surface area contributed by atoms with Crippen molar-refractivity contribution in [1.29, 1.82) is 0 Å². The molecule has 1 heterocycles. The Labute approximate surface area is 202 Å². The van der Waals surface area contributed by atoms with Crippen LogP contribution in [0.1, 0.15) is 55.3 Å². The van der Waals surface area contributed by atoms with Crippen molar-refractivity contribution in [3.05, 3.63) is 95.6 Å². The van der Waals surface area contributed by atoms with E-state index in [1.165, 1.54) is 16.8 Å². The number of rotatable bonds is 8. The summed E-state index contributed by atoms with van der Waals surface area (Å²) in [6.07, 6.45) is 8.67. The third-order valence-corrected chi connectivity index (χ3v) is 6.62. The minimum Gasteiger partial charge on any atom is -0.490 e. The van der Waals surface area contributed by atoms with Gasteiger partial charge in [0.05, 0.1) is 24.9 Å². The molecule has 0 amide bonds. The van der Waals surface area contributed by atoms with Crippen molar-refractivity contribution in [2.24, 2.45) is 10.9 Å². The highest BCUT2D eigenvalue weighted by Gasteiger charge is 2.37. The summed E-state index contributed by atoms with van der Waals surface area (Å²) in [5.41, 5.74) is 5.89. The molecule has 2 aliphatic rings. The smallest absolute Gasteiger partial charge is 0.161 e. The van der Waals surface area contributed by atoms with Crippen LogP contribution in [0.2, 0.25) is 0 Å². The van der Waals surface area contributed by atoms with Crippen LogP contribution >= 0.6 is 0 Å². The molecule has 1 N–H and O–H groups in total. The Morgan fingerprint density at radius 2 is 1.82 bits per heavy atom. The number of hydrogen-bond donors (Lipinski definition) is 1. The number of anilines is 1. The molecule has 0 bridgehead atoms. The van der Waals surface area contributed by atoms with E-state index in [2.05, 4.69) is 72.9 Å². The van der Waals surface area contributed by atoms with E-state index in [9.17, 15) is 0 Å². The quantitative estimate of drug-likeness (QED) is 0.285. The van der Waals surface area contributed by atoms with E-state index < -0.39 is 0 Å². The Bertz CT molecular complexity index is 1180. The van der Waals surface area contributed by atoms with Crippen LogP contribution in [-0.4, -0.2) is 19.4 Å². The first-order chi connectivity index (χ1) is 16.8. The maximum Gasteiger partial charge on any atom is 0.161 e. The van der Waals surface area contributed by atoms with Gasteiger partial charge in [0, 0.05) is 17.8 Å². The molecule has 4 heteroatoms. The van der Waals surface area contributed by atoms with Gasteiger partial charge in [-0.05, 0) is 78.8 Å². The highest BCUT2D eigenvalue weighted by Crippen LogP contribution is 2.49. The number of nitrogens with zero attached hydrogens (tertiary/aromatic N) is 1. The first-order valence-electron chi connectivity index (χ1n) is 12.3. The second kappa shape index (κ2) is 10.2. The van der Waals surface area contributed by atoms with Gasteiger partial charge in [0.1, 0.15) is 0 Å². The summed E-state index contributed by atoms with van der Waals surface area (Å²) >= 11 is 0. The van der Waals surface area contributed by atoms with Crippen molar-refractivity contribution in [3.63, 3.8) is 0 Å². The molecule has 34 heavy (non-hydrogen) atoms. The third-order valence-electron chi connectivity index (χ3n) is 6.62. The number of aliphatic imine (C=N–C) groups is 1. The lowest BCUT2D eigenvalue weighted by molar-refractivity contribution is 0.277. The monoisotopic (exact) mass is 452 g/mol. The molecule has 0 spiro atoms. The van der Waals surface area contributed by atoms with Crippen molar-refractivity contribution >= 4 is 17.6 Å². The molecule has 174 valence electrons. The second-order valence-electron chi connectivity index (χ2n) is 8.90. The van der Waals surface area contributed by atoms with Gasteiger partial charge < -0.3 is 14.8 Å². The van der Waals surface area contributed by atoms with Gasteiger partial charge >= 0.3 is 0 Å². The van der Waals surface area contributed by atoms with E-state index in [0.717, 1.165) is 35.6 Å². The summed E-state index contributed by atoms with van der Waals surface area (Å²) in [7, 11) is 0. The van der Waals surface area contributed by atoms with Crippen LogP contribution < -0.4 is 14.8 Å². The van der Waals surface area contributed by atoms with Gasteiger partial charge in [-0.15, -0.1) is 0 Å². The summed E-state index contributed by atoms with van der Waals surface area (Å²) in [6, 6.07) is 23.6. The molecule has 0 saturated heterocycles. The number of allylic oxidation sites excluding steroid dienone is 2. The maximum absolute atomic E-state index is 5.80. The first-order valence-corrected chi connectivity index (χ1v) is 12.3. The standard InChI is InChI=1S/C30H32N2O2/c1-3-18-34-28-17-12-21(19-29(28)33-4-2)20-31-23-15-13-22(14-16-23)30-26-10-7-9-24(26)25-8-5-6-11-27(25)32-30/h5-9,11-17,19-20,24,26,30,32H,3-4,10,18H2,1-2H3/t24-,26+,30+/m1/s1. The summed E-state index contributed by atoms with van der Waals surface area (Å²) in [5, 5.41) is 3.80. The van der Waals surface area contributed by atoms with Gasteiger partial charge in [0.2, 0.25) is 0 Å². The molecule has 4 nitrogen and oxygen atoms in total. The molecular formula is C30H32N2O2. The summed E-state index contributed by atoms with van der Waals surface area (Å²) < 4.78 is 11.6. The Balaban J connectivity index is 1.32. The molecule has 0 aromatic heterocycles. The molecule has 0 fully saturated rings. The zero-order valence-corrected chi connectivity index (χ0v) is 19.9. The van der Waals surface area contributed by atoms with E-state index in [0.29, 0.717) is 31.1 Å². The fourth-order valence-corrected chi connectivity index (χ4v) is 4.99. The highest BCUT2D eigenvalue weighted by molar-refractivity contribution is 5.83. The Morgan fingerprint density at radius 1 is 0.971 bits per heavy atom. The lowest BCUT2D eigenvalue weighted by Gasteiger charge is -2.37. The zero-order chi connectivity index (χ0) is 23.3. The first kappa shape index (κ1) is 22.3. The van der Waals surface area contributed by atoms with Gasteiger partial charge in [-0.25, -0.2) is 0 Å². The fourth-order valence-electron chi connectivity index (χ4n) is 4.99. The highest BCUT2D eigenvalue weighted by atomic mass is 16.5. The molecule has 3 aromatic carbocycles. The molecule has 5 rings (SSSR count). The predicted octanol–water partition coefficient (Wildman–Crippen LogP) is 7.45. The van der Waals surface area contributed by atoms with Crippen molar-refractivity contribution in [1.82, 2.24) is 0 Å². The van der Waals surface area contributed by atoms with Crippen LogP contribution in [0.3, 0.4) is 0 Å². The lowest BCUT2D eigenvalue weighted by Crippen LogP contribution is -2.28. The molecule has 1 aliphatic heterocycles. The number of ether oxygens (including phenoxy) is 2. The average molecular weight is 453 g/mol. The minimum absolute atomic E-state index is 0.303. The maximum atomic E-state index is 5.80. The van der Waals surface area contributed by atoms with E-state index in [-0.39, 0.29) is 0 Å². The minimum atomic E-state index is 0.303. The van der Waals surface area contributed by atoms with Gasteiger partial charge in [-0.3, -0.25) is 4.99 Å². The van der Waals surface area contributed by atoms with Gasteiger partial charge in [0.25, 0.3) is 0 Å². The Morgan fingerprint density at radius 3 is 2.65 bits per heavy atom. The van der Waals surface area contributed by atoms with Crippen LogP contribution in [0.4, 0.5) is 11.4 Å². The topological polar surface area (TPSA) is 42.8 Å². The van der Waals surface area contributed by atoms with Crippen molar-refractivity contribution in [2.45, 2.75) is 38.6 Å². The number of nitrogens with one attached hydrogen (secondary N) is 1. The average Bonchev–Trinajstić information content (AvgIpc) is 3.37. The van der Waals surface area contributed by atoms with Crippen LogP contribution in [0.25, 0.3) is 0 Å². The molecular weight excluding hydrogens is 420 g/mol. The SMILES string of the molecule is CCCOc1ccc(C=Nc2ccc([C@@H]3Nc4ccccc4[C@H]4C=CC[C@@H]43)cc2)cc1OCC. The molecule has 3 aromatic rings. The van der Waals surface area contributed by atoms with Crippen molar-refractivity contribution in [2.75, 3.05) is 18.5 Å². The lowest BCUT2D eigenvalue weighted by atomic mass is 9.77. The molecule has 0 saturated carbocycles. The number of fused-ring (bicyclic) bond motifs is 3. The van der Waals surface area contributed by atoms with E-state index in [4.69, 9.17) is 14.5 Å². The second-order valence-corrected chi connectivity index (χ2v) is 8.90. The van der Waals surface area contributed by atoms with Gasteiger partial charge in [-0.2, -0.15) is 0 Å². The van der Waals surface area contributed by atoms with E-state index >= 15 is 0 Å². The number of hydrogen-bond acceptors (Lipinski definition) is 4. The van der Waals surface area contributed by atoms with Gasteiger partial charge in [0.15, 0.2) is 11.5 Å². The molecule has 1 aliphatic carbocycles. The van der Waals surface area contributed by atoms with Crippen LogP contribution in [0.5, 0.6) is 11.5 Å². The van der Waals surface area contributed by atoms with E-state index in [1.807, 2.05) is 31.3 Å². The van der Waals surface area contributed by atoms with Gasteiger partial charge in [-0.1, -0.05) is 49.4 Å². The fraction of sp³-hybridized carbons (Fsp3) is 0.300. The molecule has 0 unspecified atom stereocenters. The van der Waals surface area contributed by atoms with E-state index in [1.54, 1.807) is 0 Å². The number of para-hydroxylation sites is 1. The van der Waals surface area contributed by atoms with Crippen LogP contribution in [-0.2, 0) is 0 Å². The number of benzene rings is 3. The van der Waals surface area contributed by atoms with Crippen molar-refractivity contribution in [3.8, 4) is 11.5 Å². The summed E-state index contributed by atoms with van der Waals surface area (Å²) in [4.78, 5) is 4.70. The third kappa shape index (κ3) is 4.58.